The number of rotatable bonds is 4. The molecular formula is C11H12Br2ClNO2. The van der Waals surface area contributed by atoms with Crippen LogP contribution >= 0.6 is 43.5 Å². The number of phenolic OH excluding ortho intramolecular Hbond substituents is 1. The quantitative estimate of drug-likeness (QED) is 0.781. The van der Waals surface area contributed by atoms with E-state index in [1.54, 1.807) is 0 Å². The molecule has 94 valence electrons. The number of carbonyl (C=O) groups excluding carboxylic acids is 1. The molecule has 0 aliphatic rings. The molecule has 1 amide bonds. The van der Waals surface area contributed by atoms with Crippen LogP contribution in [0.3, 0.4) is 0 Å². The van der Waals surface area contributed by atoms with Gasteiger partial charge in [-0.2, -0.15) is 0 Å². The molecule has 0 aromatic heterocycles. The van der Waals surface area contributed by atoms with Crippen molar-refractivity contribution in [1.82, 2.24) is 5.32 Å². The van der Waals surface area contributed by atoms with E-state index in [2.05, 4.69) is 37.2 Å². The summed E-state index contributed by atoms with van der Waals surface area (Å²) < 4.78 is 0. The molecule has 1 aromatic carbocycles. The number of hydrogen-bond donors (Lipinski definition) is 2. The van der Waals surface area contributed by atoms with Crippen molar-refractivity contribution < 1.29 is 9.90 Å². The molecule has 0 saturated carbocycles. The summed E-state index contributed by atoms with van der Waals surface area (Å²) in [7, 11) is 0. The number of alkyl halides is 2. The molecule has 0 aliphatic heterocycles. The van der Waals surface area contributed by atoms with Gasteiger partial charge in [0.05, 0.1) is 10.6 Å². The Hall–Kier alpha value is -0.260. The maximum atomic E-state index is 11.9. The van der Waals surface area contributed by atoms with Gasteiger partial charge in [0.2, 0.25) is 0 Å². The average Bonchev–Trinajstić information content (AvgIpc) is 2.32. The fourth-order valence-electron chi connectivity index (χ4n) is 1.10. The molecule has 6 heteroatoms. The fraction of sp³-hybridized carbons (Fsp3) is 0.364. The van der Waals surface area contributed by atoms with Crippen molar-refractivity contribution >= 4 is 49.4 Å². The zero-order chi connectivity index (χ0) is 13.1. The maximum Gasteiger partial charge on any atom is 0.251 e. The van der Waals surface area contributed by atoms with Crippen LogP contribution in [0.25, 0.3) is 0 Å². The van der Waals surface area contributed by atoms with Crippen LogP contribution in [-0.2, 0) is 0 Å². The molecule has 3 nitrogen and oxygen atoms in total. The predicted molar refractivity (Wildman–Crippen MR) is 76.6 cm³/mol. The summed E-state index contributed by atoms with van der Waals surface area (Å²) in [6.07, 6.45) is 0. The number of hydrogen-bond acceptors (Lipinski definition) is 2. The SMILES string of the molecule is CC(CBr)(CBr)NC(=O)c1ccc(O)c(Cl)c1. The third kappa shape index (κ3) is 3.86. The number of aromatic hydroxyl groups is 1. The first-order valence-corrected chi connectivity index (χ1v) is 7.47. The van der Waals surface area contributed by atoms with Gasteiger partial charge in [0, 0.05) is 16.2 Å². The van der Waals surface area contributed by atoms with Gasteiger partial charge < -0.3 is 10.4 Å². The summed E-state index contributed by atoms with van der Waals surface area (Å²) in [5.41, 5.74) is 0.0440. The summed E-state index contributed by atoms with van der Waals surface area (Å²) in [6.45, 7) is 1.91. The minimum atomic E-state index is -0.374. The van der Waals surface area contributed by atoms with Crippen molar-refractivity contribution in [2.24, 2.45) is 0 Å². The maximum absolute atomic E-state index is 11.9. The lowest BCUT2D eigenvalue weighted by atomic mass is 10.1. The normalized spacial score (nSPS) is 11.3. The number of benzene rings is 1. The van der Waals surface area contributed by atoms with Crippen LogP contribution in [0, 0.1) is 0 Å². The molecule has 0 aliphatic carbocycles. The molecule has 0 atom stereocenters. The van der Waals surface area contributed by atoms with Gasteiger partial charge in [0.15, 0.2) is 0 Å². The van der Waals surface area contributed by atoms with Crippen molar-refractivity contribution in [3.05, 3.63) is 28.8 Å². The summed E-state index contributed by atoms with van der Waals surface area (Å²) in [4.78, 5) is 11.9. The van der Waals surface area contributed by atoms with Crippen molar-refractivity contribution in [1.29, 1.82) is 0 Å². The van der Waals surface area contributed by atoms with Crippen LogP contribution in [0.2, 0.25) is 5.02 Å². The lowest BCUT2D eigenvalue weighted by molar-refractivity contribution is 0.0923. The van der Waals surface area contributed by atoms with Crippen LogP contribution in [0.15, 0.2) is 18.2 Å². The summed E-state index contributed by atoms with van der Waals surface area (Å²) in [6, 6.07) is 4.37. The molecule has 17 heavy (non-hydrogen) atoms. The Labute approximate surface area is 122 Å². The second kappa shape index (κ2) is 6.07. The van der Waals surface area contributed by atoms with Gasteiger partial charge in [-0.05, 0) is 25.1 Å². The molecule has 0 saturated heterocycles. The third-order valence-corrected chi connectivity index (χ3v) is 4.99. The number of nitrogens with one attached hydrogen (secondary N) is 1. The lowest BCUT2D eigenvalue weighted by Crippen LogP contribution is -2.48. The molecule has 2 N–H and O–H groups in total. The standard InChI is InChI=1S/C11H12Br2ClNO2/c1-11(5-12,6-13)15-10(17)7-2-3-9(16)8(14)4-7/h2-4,16H,5-6H2,1H3,(H,15,17). The first-order chi connectivity index (χ1) is 7.91. The van der Waals surface area contributed by atoms with Crippen molar-refractivity contribution in [3.8, 4) is 5.75 Å². The summed E-state index contributed by atoms with van der Waals surface area (Å²) in [5.74, 6) is -0.264. The van der Waals surface area contributed by atoms with Gasteiger partial charge in [-0.3, -0.25) is 4.79 Å². The van der Waals surface area contributed by atoms with Gasteiger partial charge in [-0.25, -0.2) is 0 Å². The highest BCUT2D eigenvalue weighted by atomic mass is 79.9. The molecule has 0 unspecified atom stereocenters. The van der Waals surface area contributed by atoms with E-state index >= 15 is 0 Å². The predicted octanol–water partition coefficient (Wildman–Crippen LogP) is 3.32. The Morgan fingerprint density at radius 1 is 1.47 bits per heavy atom. The van der Waals surface area contributed by atoms with E-state index in [0.717, 1.165) is 0 Å². The summed E-state index contributed by atoms with van der Waals surface area (Å²) in [5, 5.41) is 13.6. The number of carbonyl (C=O) groups is 1. The molecular weight excluding hydrogens is 373 g/mol. The molecule has 0 bridgehead atoms. The Morgan fingerprint density at radius 2 is 2.06 bits per heavy atom. The average molecular weight is 385 g/mol. The highest BCUT2D eigenvalue weighted by molar-refractivity contribution is 9.09. The monoisotopic (exact) mass is 383 g/mol. The lowest BCUT2D eigenvalue weighted by Gasteiger charge is -2.26. The van der Waals surface area contributed by atoms with E-state index in [4.69, 9.17) is 11.6 Å². The summed E-state index contributed by atoms with van der Waals surface area (Å²) >= 11 is 12.4. The minimum absolute atomic E-state index is 0.0352. The Morgan fingerprint density at radius 3 is 2.53 bits per heavy atom. The van der Waals surface area contributed by atoms with Crippen LogP contribution < -0.4 is 5.32 Å². The third-order valence-electron chi connectivity index (χ3n) is 2.22. The molecule has 0 fully saturated rings. The topological polar surface area (TPSA) is 49.3 Å². The van der Waals surface area contributed by atoms with Crippen molar-refractivity contribution in [3.63, 3.8) is 0 Å². The highest BCUT2D eigenvalue weighted by Gasteiger charge is 2.24. The first-order valence-electron chi connectivity index (χ1n) is 4.85. The number of phenols is 1. The fourth-order valence-corrected chi connectivity index (χ4v) is 2.49. The second-order valence-electron chi connectivity index (χ2n) is 3.95. The van der Waals surface area contributed by atoms with E-state index in [-0.39, 0.29) is 22.2 Å². The van der Waals surface area contributed by atoms with E-state index in [0.29, 0.717) is 16.2 Å². The highest BCUT2D eigenvalue weighted by Crippen LogP contribution is 2.24. The van der Waals surface area contributed by atoms with Crippen molar-refractivity contribution in [2.45, 2.75) is 12.5 Å². The zero-order valence-corrected chi connectivity index (χ0v) is 13.1. The van der Waals surface area contributed by atoms with Crippen molar-refractivity contribution in [2.75, 3.05) is 10.7 Å². The molecule has 0 heterocycles. The Bertz CT molecular complexity index is 422. The minimum Gasteiger partial charge on any atom is -0.506 e. The van der Waals surface area contributed by atoms with E-state index in [1.807, 2.05) is 6.92 Å². The Kier molecular flexibility index (Phi) is 5.28. The van der Waals surface area contributed by atoms with E-state index in [9.17, 15) is 9.90 Å². The number of halogens is 3. The van der Waals surface area contributed by atoms with Crippen LogP contribution in [0.1, 0.15) is 17.3 Å². The number of amides is 1. The van der Waals surface area contributed by atoms with Crippen LogP contribution in [-0.4, -0.2) is 27.2 Å². The largest absolute Gasteiger partial charge is 0.506 e. The van der Waals surface area contributed by atoms with Gasteiger partial charge in [0.25, 0.3) is 5.91 Å². The van der Waals surface area contributed by atoms with Gasteiger partial charge in [0.1, 0.15) is 5.75 Å². The second-order valence-corrected chi connectivity index (χ2v) is 5.48. The van der Waals surface area contributed by atoms with Gasteiger partial charge in [-0.1, -0.05) is 43.5 Å². The van der Waals surface area contributed by atoms with Gasteiger partial charge in [-0.15, -0.1) is 0 Å². The van der Waals surface area contributed by atoms with E-state index < -0.39 is 0 Å². The van der Waals surface area contributed by atoms with Gasteiger partial charge >= 0.3 is 0 Å². The molecule has 1 rings (SSSR count). The zero-order valence-electron chi connectivity index (χ0n) is 9.14. The molecule has 0 spiro atoms. The van der Waals surface area contributed by atoms with Crippen LogP contribution in [0.4, 0.5) is 0 Å². The first kappa shape index (κ1) is 14.8. The Balaban J connectivity index is 2.86. The molecule has 1 aromatic rings. The van der Waals surface area contributed by atoms with Crippen LogP contribution in [0.5, 0.6) is 5.75 Å². The van der Waals surface area contributed by atoms with E-state index in [1.165, 1.54) is 18.2 Å². The smallest absolute Gasteiger partial charge is 0.251 e. The molecule has 0 radical (unpaired) electrons.